The smallest absolute Gasteiger partial charge is 0.249 e. The molecule has 2 aromatic rings. The Bertz CT molecular complexity index is 580. The van der Waals surface area contributed by atoms with E-state index < -0.39 is 0 Å². The van der Waals surface area contributed by atoms with Gasteiger partial charge in [-0.3, -0.25) is 0 Å². The number of anilines is 3. The van der Waals surface area contributed by atoms with Crippen molar-refractivity contribution in [3.05, 3.63) is 36.0 Å². The predicted molar refractivity (Wildman–Crippen MR) is 87.0 cm³/mol. The summed E-state index contributed by atoms with van der Waals surface area (Å²) in [5, 5.41) is 14.6. The van der Waals surface area contributed by atoms with E-state index in [4.69, 9.17) is 0 Å². The van der Waals surface area contributed by atoms with Crippen molar-refractivity contribution >= 4 is 17.5 Å². The maximum absolute atomic E-state index is 4.44. The molecule has 0 radical (unpaired) electrons. The molecular weight excluding hydrogens is 262 g/mol. The number of para-hydroxylation sites is 1. The Hall–Kier alpha value is -2.17. The molecule has 0 fully saturated rings. The zero-order valence-electron chi connectivity index (χ0n) is 13.1. The molecule has 5 nitrogen and oxygen atoms in total. The van der Waals surface area contributed by atoms with E-state index in [1.165, 1.54) is 5.56 Å². The molecule has 0 aliphatic carbocycles. The minimum Gasteiger partial charge on any atom is -0.368 e. The molecule has 0 saturated heterocycles. The van der Waals surface area contributed by atoms with Crippen LogP contribution in [0.4, 0.5) is 17.5 Å². The van der Waals surface area contributed by atoms with Crippen molar-refractivity contribution in [1.29, 1.82) is 0 Å². The SMILES string of the molecule is CC(C)CNc1cnnc(Nc2ccccc2C(C)C)n1. The number of hydrogen-bond acceptors (Lipinski definition) is 5. The lowest BCUT2D eigenvalue weighted by Gasteiger charge is -2.14. The van der Waals surface area contributed by atoms with Crippen LogP contribution in [0, 0.1) is 5.92 Å². The highest BCUT2D eigenvalue weighted by Gasteiger charge is 2.08. The van der Waals surface area contributed by atoms with Crippen LogP contribution in [0.25, 0.3) is 0 Å². The molecule has 0 amide bonds. The maximum Gasteiger partial charge on any atom is 0.249 e. The summed E-state index contributed by atoms with van der Waals surface area (Å²) in [6.45, 7) is 9.50. The van der Waals surface area contributed by atoms with E-state index in [9.17, 15) is 0 Å². The molecule has 1 aromatic carbocycles. The molecule has 0 atom stereocenters. The highest BCUT2D eigenvalue weighted by molar-refractivity contribution is 5.59. The summed E-state index contributed by atoms with van der Waals surface area (Å²) in [5.74, 6) is 2.24. The van der Waals surface area contributed by atoms with Crippen molar-refractivity contribution < 1.29 is 0 Å². The summed E-state index contributed by atoms with van der Waals surface area (Å²) in [5.41, 5.74) is 2.26. The van der Waals surface area contributed by atoms with Crippen molar-refractivity contribution in [3.8, 4) is 0 Å². The van der Waals surface area contributed by atoms with Crippen LogP contribution in [-0.2, 0) is 0 Å². The molecule has 0 saturated carbocycles. The Morgan fingerprint density at radius 2 is 1.86 bits per heavy atom. The third kappa shape index (κ3) is 4.41. The first-order chi connectivity index (χ1) is 10.1. The molecule has 0 aliphatic heterocycles. The molecular formula is C16H23N5. The van der Waals surface area contributed by atoms with Gasteiger partial charge in [0.05, 0.1) is 6.20 Å². The predicted octanol–water partition coefficient (Wildman–Crippen LogP) is 3.81. The van der Waals surface area contributed by atoms with Gasteiger partial charge in [0.1, 0.15) is 0 Å². The van der Waals surface area contributed by atoms with Crippen LogP contribution >= 0.6 is 0 Å². The van der Waals surface area contributed by atoms with E-state index in [0.717, 1.165) is 18.1 Å². The van der Waals surface area contributed by atoms with Gasteiger partial charge in [-0.2, -0.15) is 10.1 Å². The summed E-state index contributed by atoms with van der Waals surface area (Å²) in [6.07, 6.45) is 1.64. The number of aromatic nitrogens is 3. The first-order valence-electron chi connectivity index (χ1n) is 7.35. The van der Waals surface area contributed by atoms with Crippen LogP contribution in [0.3, 0.4) is 0 Å². The standard InChI is InChI=1S/C16H23N5/c1-11(2)9-17-15-10-18-21-16(20-15)19-14-8-6-5-7-13(14)12(3)4/h5-8,10-12H,9H2,1-4H3,(H2,17,19,20,21). The van der Waals surface area contributed by atoms with Crippen LogP contribution in [0.2, 0.25) is 0 Å². The molecule has 112 valence electrons. The first kappa shape index (κ1) is 15.2. The molecule has 2 rings (SSSR count). The minimum atomic E-state index is 0.434. The van der Waals surface area contributed by atoms with Crippen molar-refractivity contribution in [2.45, 2.75) is 33.6 Å². The van der Waals surface area contributed by atoms with Gasteiger partial charge in [-0.25, -0.2) is 0 Å². The van der Waals surface area contributed by atoms with Crippen molar-refractivity contribution in [3.63, 3.8) is 0 Å². The average molecular weight is 285 g/mol. The molecule has 21 heavy (non-hydrogen) atoms. The third-order valence-electron chi connectivity index (χ3n) is 3.08. The second-order valence-corrected chi connectivity index (χ2v) is 5.81. The maximum atomic E-state index is 4.44. The normalized spacial score (nSPS) is 11.0. The Morgan fingerprint density at radius 3 is 2.57 bits per heavy atom. The second kappa shape index (κ2) is 7.02. The lowest BCUT2D eigenvalue weighted by atomic mass is 10.0. The molecule has 1 heterocycles. The molecule has 2 N–H and O–H groups in total. The van der Waals surface area contributed by atoms with Crippen LogP contribution in [-0.4, -0.2) is 21.7 Å². The Labute approximate surface area is 126 Å². The largest absolute Gasteiger partial charge is 0.368 e. The molecule has 0 unspecified atom stereocenters. The topological polar surface area (TPSA) is 62.7 Å². The van der Waals surface area contributed by atoms with Crippen LogP contribution in [0.15, 0.2) is 30.5 Å². The first-order valence-corrected chi connectivity index (χ1v) is 7.35. The van der Waals surface area contributed by atoms with Crippen molar-refractivity contribution in [2.24, 2.45) is 5.92 Å². The van der Waals surface area contributed by atoms with Gasteiger partial charge in [-0.05, 0) is 23.5 Å². The average Bonchev–Trinajstić information content (AvgIpc) is 2.46. The molecule has 0 bridgehead atoms. The van der Waals surface area contributed by atoms with Crippen LogP contribution in [0.5, 0.6) is 0 Å². The summed E-state index contributed by atoms with van der Waals surface area (Å²) < 4.78 is 0. The number of hydrogen-bond donors (Lipinski definition) is 2. The number of nitrogens with zero attached hydrogens (tertiary/aromatic N) is 3. The van der Waals surface area contributed by atoms with E-state index in [1.807, 2.05) is 18.2 Å². The van der Waals surface area contributed by atoms with Gasteiger partial charge in [0.25, 0.3) is 0 Å². The van der Waals surface area contributed by atoms with Gasteiger partial charge in [-0.1, -0.05) is 45.9 Å². The van der Waals surface area contributed by atoms with Crippen molar-refractivity contribution in [2.75, 3.05) is 17.2 Å². The summed E-state index contributed by atoms with van der Waals surface area (Å²) in [4.78, 5) is 4.44. The van der Waals surface area contributed by atoms with E-state index in [1.54, 1.807) is 6.20 Å². The monoisotopic (exact) mass is 285 g/mol. The fourth-order valence-electron chi connectivity index (χ4n) is 1.99. The number of rotatable bonds is 6. The highest BCUT2D eigenvalue weighted by atomic mass is 15.3. The fraction of sp³-hybridized carbons (Fsp3) is 0.438. The van der Waals surface area contributed by atoms with E-state index in [0.29, 0.717) is 17.8 Å². The van der Waals surface area contributed by atoms with E-state index in [-0.39, 0.29) is 0 Å². The van der Waals surface area contributed by atoms with Crippen molar-refractivity contribution in [1.82, 2.24) is 15.2 Å². The van der Waals surface area contributed by atoms with Crippen LogP contribution in [0.1, 0.15) is 39.2 Å². The summed E-state index contributed by atoms with van der Waals surface area (Å²) in [6, 6.07) is 8.19. The third-order valence-corrected chi connectivity index (χ3v) is 3.08. The van der Waals surface area contributed by atoms with E-state index >= 15 is 0 Å². The zero-order valence-corrected chi connectivity index (χ0v) is 13.1. The van der Waals surface area contributed by atoms with Gasteiger partial charge in [-0.15, -0.1) is 5.10 Å². The molecule has 0 spiro atoms. The van der Waals surface area contributed by atoms with E-state index in [2.05, 4.69) is 59.6 Å². The molecule has 1 aromatic heterocycles. The molecule has 5 heteroatoms. The Kier molecular flexibility index (Phi) is 5.09. The second-order valence-electron chi connectivity index (χ2n) is 5.81. The lowest BCUT2D eigenvalue weighted by Crippen LogP contribution is -2.11. The lowest BCUT2D eigenvalue weighted by molar-refractivity contribution is 0.686. The van der Waals surface area contributed by atoms with Gasteiger partial charge in [0, 0.05) is 12.2 Å². The Balaban J connectivity index is 2.15. The minimum absolute atomic E-state index is 0.434. The van der Waals surface area contributed by atoms with Crippen LogP contribution < -0.4 is 10.6 Å². The molecule has 0 aliphatic rings. The quantitative estimate of drug-likeness (QED) is 0.845. The highest BCUT2D eigenvalue weighted by Crippen LogP contribution is 2.25. The fourth-order valence-corrected chi connectivity index (χ4v) is 1.99. The van der Waals surface area contributed by atoms with Gasteiger partial charge in [0.15, 0.2) is 5.82 Å². The number of benzene rings is 1. The summed E-state index contributed by atoms with van der Waals surface area (Å²) >= 11 is 0. The summed E-state index contributed by atoms with van der Waals surface area (Å²) in [7, 11) is 0. The van der Waals surface area contributed by atoms with Gasteiger partial charge >= 0.3 is 0 Å². The van der Waals surface area contributed by atoms with Gasteiger partial charge < -0.3 is 10.6 Å². The zero-order chi connectivity index (χ0) is 15.2. The van der Waals surface area contributed by atoms with Gasteiger partial charge in [0.2, 0.25) is 5.95 Å². The Morgan fingerprint density at radius 1 is 1.10 bits per heavy atom. The number of nitrogens with one attached hydrogen (secondary N) is 2.